The summed E-state index contributed by atoms with van der Waals surface area (Å²) in [5.41, 5.74) is 2.37. The van der Waals surface area contributed by atoms with Crippen LogP contribution in [0.25, 0.3) is 22.6 Å². The minimum atomic E-state index is 0.171. The highest BCUT2D eigenvalue weighted by Gasteiger charge is 2.34. The zero-order valence-electron chi connectivity index (χ0n) is 17.4. The number of imidazole rings is 1. The summed E-state index contributed by atoms with van der Waals surface area (Å²) in [4.78, 5) is 36.9. The Balaban J connectivity index is 1.41. The van der Waals surface area contributed by atoms with Gasteiger partial charge in [-0.2, -0.15) is 0 Å². The molecule has 2 aliphatic rings. The van der Waals surface area contributed by atoms with Gasteiger partial charge >= 0.3 is 0 Å². The maximum Gasteiger partial charge on any atom is 0.225 e. The van der Waals surface area contributed by atoms with Crippen LogP contribution in [-0.2, 0) is 11.3 Å². The lowest BCUT2D eigenvalue weighted by molar-refractivity contribution is -0.137. The molecule has 1 N–H and O–H groups in total. The number of anilines is 1. The molecule has 0 spiro atoms. The lowest BCUT2D eigenvalue weighted by Gasteiger charge is -2.29. The molecule has 3 aromatic heterocycles. The van der Waals surface area contributed by atoms with Gasteiger partial charge in [0, 0.05) is 44.0 Å². The van der Waals surface area contributed by atoms with Gasteiger partial charge in [-0.3, -0.25) is 4.79 Å². The van der Waals surface area contributed by atoms with E-state index in [4.69, 9.17) is 4.98 Å². The van der Waals surface area contributed by atoms with Gasteiger partial charge in [0.05, 0.1) is 5.56 Å². The Kier molecular flexibility index (Phi) is 4.80. The molecule has 2 fully saturated rings. The summed E-state index contributed by atoms with van der Waals surface area (Å²) < 4.78 is 2.05. The average molecular weight is 406 g/mol. The monoisotopic (exact) mass is 406 g/mol. The second kappa shape index (κ2) is 7.62. The van der Waals surface area contributed by atoms with E-state index in [-0.39, 0.29) is 12.0 Å². The molecule has 1 saturated heterocycles. The van der Waals surface area contributed by atoms with Crippen LogP contribution in [0, 0.1) is 12.8 Å². The Morgan fingerprint density at radius 2 is 1.97 bits per heavy atom. The lowest BCUT2D eigenvalue weighted by atomic mass is 9.84. The molecule has 1 unspecified atom stereocenters. The first-order valence-corrected chi connectivity index (χ1v) is 10.7. The molecule has 4 heterocycles. The van der Waals surface area contributed by atoms with Crippen molar-refractivity contribution in [2.24, 2.45) is 5.92 Å². The largest absolute Gasteiger partial charge is 0.364 e. The first-order chi connectivity index (χ1) is 14.6. The molecule has 1 atom stereocenters. The predicted molar refractivity (Wildman–Crippen MR) is 113 cm³/mol. The normalized spacial score (nSPS) is 19.3. The standard InChI is InChI=1S/C21H26N8O/c1-3-29-19(15-9-22-13(2)23-10-15)27-17-18(24-12-25-20(17)29)26-16-7-8-28(11-16)21(30)14-5-4-6-14/h9-10,12,14,16H,3-8,11H2,1-2H3,(H,24,25,26). The van der Waals surface area contributed by atoms with Crippen LogP contribution in [0.3, 0.4) is 0 Å². The molecule has 3 aromatic rings. The van der Waals surface area contributed by atoms with Gasteiger partial charge in [-0.25, -0.2) is 24.9 Å². The number of hydrogen-bond donors (Lipinski definition) is 1. The van der Waals surface area contributed by atoms with Crippen molar-refractivity contribution in [1.29, 1.82) is 0 Å². The number of rotatable bonds is 5. The van der Waals surface area contributed by atoms with E-state index in [0.29, 0.717) is 18.3 Å². The Labute approximate surface area is 175 Å². The quantitative estimate of drug-likeness (QED) is 0.694. The van der Waals surface area contributed by atoms with Crippen LogP contribution < -0.4 is 5.32 Å². The molecule has 9 heteroatoms. The summed E-state index contributed by atoms with van der Waals surface area (Å²) in [5, 5.41) is 3.52. The fraction of sp³-hybridized carbons (Fsp3) is 0.524. The third-order valence-electron chi connectivity index (χ3n) is 6.18. The molecule has 0 bridgehead atoms. The van der Waals surface area contributed by atoms with Gasteiger partial charge in [-0.15, -0.1) is 0 Å². The maximum absolute atomic E-state index is 12.6. The zero-order chi connectivity index (χ0) is 20.7. The molecule has 1 aliphatic carbocycles. The highest BCUT2D eigenvalue weighted by molar-refractivity contribution is 5.86. The molecular formula is C21H26N8O. The van der Waals surface area contributed by atoms with E-state index in [1.807, 2.05) is 11.8 Å². The maximum atomic E-state index is 12.6. The van der Waals surface area contributed by atoms with Crippen LogP contribution in [0.5, 0.6) is 0 Å². The molecule has 5 rings (SSSR count). The number of aryl methyl sites for hydroxylation is 2. The van der Waals surface area contributed by atoms with Crippen LogP contribution in [-0.4, -0.2) is 59.4 Å². The van der Waals surface area contributed by atoms with Crippen molar-refractivity contribution < 1.29 is 4.79 Å². The minimum absolute atomic E-state index is 0.171. The summed E-state index contributed by atoms with van der Waals surface area (Å²) in [6.45, 7) is 6.17. The van der Waals surface area contributed by atoms with Gasteiger partial charge in [0.2, 0.25) is 5.91 Å². The topological polar surface area (TPSA) is 102 Å². The molecule has 1 amide bonds. The molecule has 30 heavy (non-hydrogen) atoms. The van der Waals surface area contributed by atoms with Crippen molar-refractivity contribution >= 4 is 22.9 Å². The number of amides is 1. The van der Waals surface area contributed by atoms with E-state index in [1.165, 1.54) is 6.42 Å². The molecule has 156 valence electrons. The number of hydrogen-bond acceptors (Lipinski definition) is 7. The van der Waals surface area contributed by atoms with E-state index < -0.39 is 0 Å². The molecule has 0 aromatic carbocycles. The smallest absolute Gasteiger partial charge is 0.225 e. The summed E-state index contributed by atoms with van der Waals surface area (Å²) in [7, 11) is 0. The van der Waals surface area contributed by atoms with E-state index >= 15 is 0 Å². The van der Waals surface area contributed by atoms with Crippen LogP contribution in [0.1, 0.15) is 38.4 Å². The van der Waals surface area contributed by atoms with Crippen molar-refractivity contribution in [3.05, 3.63) is 24.5 Å². The molecule has 1 aliphatic heterocycles. The SMILES string of the molecule is CCn1c(-c2cnc(C)nc2)nc2c(NC3CCN(C(=O)C4CCC4)C3)ncnc21. The highest BCUT2D eigenvalue weighted by Crippen LogP contribution is 2.31. The first-order valence-electron chi connectivity index (χ1n) is 10.7. The van der Waals surface area contributed by atoms with Crippen LogP contribution in [0.15, 0.2) is 18.7 Å². The third-order valence-corrected chi connectivity index (χ3v) is 6.18. The summed E-state index contributed by atoms with van der Waals surface area (Å²) in [6, 6.07) is 0.171. The number of likely N-dealkylation sites (tertiary alicyclic amines) is 1. The first kappa shape index (κ1) is 18.9. The second-order valence-corrected chi connectivity index (χ2v) is 8.14. The van der Waals surface area contributed by atoms with Crippen molar-refractivity contribution in [3.63, 3.8) is 0 Å². The van der Waals surface area contributed by atoms with Gasteiger partial charge < -0.3 is 14.8 Å². The second-order valence-electron chi connectivity index (χ2n) is 8.14. The summed E-state index contributed by atoms with van der Waals surface area (Å²) in [5.74, 6) is 2.78. The van der Waals surface area contributed by atoms with Gasteiger partial charge in [0.15, 0.2) is 17.0 Å². The molecule has 9 nitrogen and oxygen atoms in total. The summed E-state index contributed by atoms with van der Waals surface area (Å²) in [6.07, 6.45) is 9.32. The fourth-order valence-electron chi connectivity index (χ4n) is 4.26. The molecule has 0 radical (unpaired) electrons. The van der Waals surface area contributed by atoms with Gasteiger partial charge in [-0.1, -0.05) is 6.42 Å². The minimum Gasteiger partial charge on any atom is -0.364 e. The Morgan fingerprint density at radius 1 is 1.17 bits per heavy atom. The van der Waals surface area contributed by atoms with Gasteiger partial charge in [0.25, 0.3) is 0 Å². The van der Waals surface area contributed by atoms with Crippen molar-refractivity contribution in [2.75, 3.05) is 18.4 Å². The molecular weight excluding hydrogens is 380 g/mol. The fourth-order valence-corrected chi connectivity index (χ4v) is 4.26. The van der Waals surface area contributed by atoms with Crippen LogP contribution in [0.2, 0.25) is 0 Å². The van der Waals surface area contributed by atoms with E-state index in [9.17, 15) is 4.79 Å². The average Bonchev–Trinajstić information content (AvgIpc) is 3.32. The number of fused-ring (bicyclic) bond motifs is 1. The van der Waals surface area contributed by atoms with Gasteiger partial charge in [0.1, 0.15) is 18.0 Å². The molecule has 1 saturated carbocycles. The summed E-state index contributed by atoms with van der Waals surface area (Å²) >= 11 is 0. The van der Waals surface area contributed by atoms with Crippen molar-refractivity contribution in [1.82, 2.24) is 34.4 Å². The van der Waals surface area contributed by atoms with Gasteiger partial charge in [-0.05, 0) is 33.1 Å². The van der Waals surface area contributed by atoms with Crippen LogP contribution in [0.4, 0.5) is 5.82 Å². The number of carbonyl (C=O) groups excluding carboxylic acids is 1. The number of aromatic nitrogens is 6. The zero-order valence-corrected chi connectivity index (χ0v) is 17.4. The van der Waals surface area contributed by atoms with E-state index in [2.05, 4.69) is 36.7 Å². The Hall–Kier alpha value is -3.10. The highest BCUT2D eigenvalue weighted by atomic mass is 16.2. The Bertz CT molecular complexity index is 1070. The Morgan fingerprint density at radius 3 is 2.67 bits per heavy atom. The number of nitrogens with zero attached hydrogens (tertiary/aromatic N) is 7. The lowest BCUT2D eigenvalue weighted by Crippen LogP contribution is -2.38. The van der Waals surface area contributed by atoms with Crippen molar-refractivity contribution in [2.45, 2.75) is 52.1 Å². The number of carbonyl (C=O) groups is 1. The predicted octanol–water partition coefficient (Wildman–Crippen LogP) is 2.42. The van der Waals surface area contributed by atoms with E-state index in [1.54, 1.807) is 18.7 Å². The van der Waals surface area contributed by atoms with E-state index in [0.717, 1.165) is 60.7 Å². The number of nitrogens with one attached hydrogen (secondary N) is 1. The van der Waals surface area contributed by atoms with Crippen LogP contribution >= 0.6 is 0 Å². The third kappa shape index (κ3) is 3.28. The van der Waals surface area contributed by atoms with Crippen molar-refractivity contribution in [3.8, 4) is 11.4 Å².